The average molecular weight is 299 g/mol. The highest BCUT2D eigenvalue weighted by atomic mass is 35.5. The Bertz CT molecular complexity index is 645. The van der Waals surface area contributed by atoms with E-state index in [1.807, 2.05) is 0 Å². The van der Waals surface area contributed by atoms with Gasteiger partial charge in [0.25, 0.3) is 5.69 Å². The van der Waals surface area contributed by atoms with Crippen LogP contribution < -0.4 is 5.32 Å². The van der Waals surface area contributed by atoms with E-state index in [0.717, 1.165) is 18.2 Å². The molecule has 0 aliphatic heterocycles. The fourth-order valence-electron chi connectivity index (χ4n) is 1.69. The lowest BCUT2D eigenvalue weighted by molar-refractivity contribution is -0.384. The number of anilines is 1. The molecule has 1 N–H and O–H groups in total. The first kappa shape index (κ1) is 14.2. The van der Waals surface area contributed by atoms with Gasteiger partial charge in [-0.25, -0.2) is 8.78 Å². The molecule has 4 nitrogen and oxygen atoms in total. The van der Waals surface area contributed by atoms with E-state index in [-0.39, 0.29) is 28.5 Å². The molecule has 0 spiro atoms. The van der Waals surface area contributed by atoms with Crippen LogP contribution in [0.5, 0.6) is 0 Å². The summed E-state index contributed by atoms with van der Waals surface area (Å²) in [5, 5.41) is 13.6. The van der Waals surface area contributed by atoms with Crippen molar-refractivity contribution in [3.63, 3.8) is 0 Å². The zero-order chi connectivity index (χ0) is 14.7. The average Bonchev–Trinajstić information content (AvgIpc) is 2.37. The van der Waals surface area contributed by atoms with Gasteiger partial charge in [-0.05, 0) is 18.2 Å². The van der Waals surface area contributed by atoms with Gasteiger partial charge < -0.3 is 5.32 Å². The summed E-state index contributed by atoms with van der Waals surface area (Å²) < 4.78 is 26.7. The van der Waals surface area contributed by atoms with Crippen LogP contribution >= 0.6 is 11.6 Å². The summed E-state index contributed by atoms with van der Waals surface area (Å²) in [6, 6.07) is 7.18. The molecule has 2 aromatic rings. The number of rotatable bonds is 4. The minimum atomic E-state index is -0.648. The van der Waals surface area contributed by atoms with Crippen LogP contribution in [0.3, 0.4) is 0 Å². The number of hydrogen-bond donors (Lipinski definition) is 1. The Hall–Kier alpha value is -2.21. The number of halogens is 3. The summed E-state index contributed by atoms with van der Waals surface area (Å²) in [6.07, 6.45) is 0. The van der Waals surface area contributed by atoms with E-state index in [0.29, 0.717) is 0 Å². The van der Waals surface area contributed by atoms with Crippen LogP contribution in [0.2, 0.25) is 5.02 Å². The van der Waals surface area contributed by atoms with Gasteiger partial charge in [0.05, 0.1) is 4.92 Å². The van der Waals surface area contributed by atoms with E-state index in [1.54, 1.807) is 0 Å². The van der Waals surface area contributed by atoms with Crippen LogP contribution in [-0.2, 0) is 6.54 Å². The van der Waals surface area contributed by atoms with Gasteiger partial charge in [0, 0.05) is 29.3 Å². The van der Waals surface area contributed by atoms with Crippen LogP contribution in [0.1, 0.15) is 5.56 Å². The van der Waals surface area contributed by atoms with Crippen LogP contribution in [-0.4, -0.2) is 4.92 Å². The quantitative estimate of drug-likeness (QED) is 0.682. The topological polar surface area (TPSA) is 55.2 Å². The predicted molar refractivity (Wildman–Crippen MR) is 71.8 cm³/mol. The Morgan fingerprint density at radius 2 is 2.00 bits per heavy atom. The van der Waals surface area contributed by atoms with E-state index >= 15 is 0 Å². The smallest absolute Gasteiger partial charge is 0.292 e. The van der Waals surface area contributed by atoms with Crippen molar-refractivity contribution in [3.05, 3.63) is 68.7 Å². The van der Waals surface area contributed by atoms with Crippen LogP contribution in [0, 0.1) is 21.7 Å². The SMILES string of the molecule is O=[N+]([O-])c1ccc(F)cc1NCc1c(F)cccc1Cl. The standard InChI is InChI=1S/C13H9ClF2N2O2/c14-10-2-1-3-11(16)9(10)7-17-12-6-8(15)4-5-13(12)18(19)20/h1-6,17H,7H2. The zero-order valence-corrected chi connectivity index (χ0v) is 10.8. The lowest BCUT2D eigenvalue weighted by Gasteiger charge is -2.09. The van der Waals surface area contributed by atoms with Crippen molar-refractivity contribution in [2.75, 3.05) is 5.32 Å². The maximum absolute atomic E-state index is 13.6. The highest BCUT2D eigenvalue weighted by molar-refractivity contribution is 6.31. The molecular weight excluding hydrogens is 290 g/mol. The van der Waals surface area contributed by atoms with Crippen molar-refractivity contribution in [2.45, 2.75) is 6.54 Å². The third kappa shape index (κ3) is 3.03. The van der Waals surface area contributed by atoms with E-state index in [4.69, 9.17) is 11.6 Å². The van der Waals surface area contributed by atoms with Gasteiger partial charge in [-0.2, -0.15) is 0 Å². The van der Waals surface area contributed by atoms with Gasteiger partial charge in [-0.1, -0.05) is 17.7 Å². The normalized spacial score (nSPS) is 10.3. The number of nitrogens with zero attached hydrogens (tertiary/aromatic N) is 1. The molecule has 0 amide bonds. The van der Waals surface area contributed by atoms with Crippen LogP contribution in [0.4, 0.5) is 20.2 Å². The molecule has 0 unspecified atom stereocenters. The predicted octanol–water partition coefficient (Wildman–Crippen LogP) is 4.14. The Morgan fingerprint density at radius 1 is 1.25 bits per heavy atom. The number of nitrogens with one attached hydrogen (secondary N) is 1. The fourth-order valence-corrected chi connectivity index (χ4v) is 1.92. The largest absolute Gasteiger partial charge is 0.375 e. The highest BCUT2D eigenvalue weighted by Crippen LogP contribution is 2.27. The molecule has 104 valence electrons. The van der Waals surface area contributed by atoms with Crippen LogP contribution in [0.15, 0.2) is 36.4 Å². The lowest BCUT2D eigenvalue weighted by Crippen LogP contribution is -2.05. The Kier molecular flexibility index (Phi) is 4.14. The molecule has 0 atom stereocenters. The van der Waals surface area contributed by atoms with Crippen molar-refractivity contribution in [3.8, 4) is 0 Å². The molecule has 7 heteroatoms. The second kappa shape index (κ2) is 5.83. The molecule has 2 rings (SSSR count). The first-order valence-corrected chi connectivity index (χ1v) is 5.97. The molecule has 20 heavy (non-hydrogen) atoms. The van der Waals surface area contributed by atoms with Gasteiger partial charge in [-0.3, -0.25) is 10.1 Å². The molecule has 0 aliphatic rings. The zero-order valence-electron chi connectivity index (χ0n) is 10.1. The molecule has 0 fully saturated rings. The second-order valence-corrected chi connectivity index (χ2v) is 4.38. The molecule has 0 saturated carbocycles. The maximum atomic E-state index is 13.6. The first-order valence-electron chi connectivity index (χ1n) is 5.59. The second-order valence-electron chi connectivity index (χ2n) is 3.97. The summed E-state index contributed by atoms with van der Waals surface area (Å²) >= 11 is 5.84. The molecule has 0 aromatic heterocycles. The van der Waals surface area contributed by atoms with Crippen molar-refractivity contribution in [2.24, 2.45) is 0 Å². The summed E-state index contributed by atoms with van der Waals surface area (Å²) in [5.41, 5.74) is -0.166. The lowest BCUT2D eigenvalue weighted by atomic mass is 10.2. The Labute approximate surface area is 118 Å². The molecule has 2 aromatic carbocycles. The van der Waals surface area contributed by atoms with Gasteiger partial charge >= 0.3 is 0 Å². The third-order valence-electron chi connectivity index (χ3n) is 2.67. The van der Waals surface area contributed by atoms with E-state index in [2.05, 4.69) is 5.32 Å². The summed E-state index contributed by atoms with van der Waals surface area (Å²) in [4.78, 5) is 10.2. The maximum Gasteiger partial charge on any atom is 0.292 e. The molecule has 0 heterocycles. The molecule has 0 bridgehead atoms. The van der Waals surface area contributed by atoms with Crippen molar-refractivity contribution in [1.29, 1.82) is 0 Å². The highest BCUT2D eigenvalue weighted by Gasteiger charge is 2.15. The van der Waals surface area contributed by atoms with Gasteiger partial charge in [0.1, 0.15) is 17.3 Å². The number of nitro groups is 1. The fraction of sp³-hybridized carbons (Fsp3) is 0.0769. The minimum Gasteiger partial charge on any atom is -0.375 e. The molecule has 0 radical (unpaired) electrons. The molecule has 0 aliphatic carbocycles. The van der Waals surface area contributed by atoms with Crippen molar-refractivity contribution >= 4 is 23.0 Å². The van der Waals surface area contributed by atoms with Crippen molar-refractivity contribution in [1.82, 2.24) is 0 Å². The summed E-state index contributed by atoms with van der Waals surface area (Å²) in [7, 11) is 0. The number of benzene rings is 2. The summed E-state index contributed by atoms with van der Waals surface area (Å²) in [6.45, 7) is -0.0875. The third-order valence-corrected chi connectivity index (χ3v) is 3.03. The number of nitro benzene ring substituents is 1. The number of hydrogen-bond acceptors (Lipinski definition) is 3. The monoisotopic (exact) mass is 298 g/mol. The van der Waals surface area contributed by atoms with Gasteiger partial charge in [0.15, 0.2) is 0 Å². The van der Waals surface area contributed by atoms with E-state index in [1.165, 1.54) is 18.2 Å². The van der Waals surface area contributed by atoms with E-state index < -0.39 is 16.6 Å². The van der Waals surface area contributed by atoms with E-state index in [9.17, 15) is 18.9 Å². The van der Waals surface area contributed by atoms with Gasteiger partial charge in [-0.15, -0.1) is 0 Å². The Morgan fingerprint density at radius 3 is 2.65 bits per heavy atom. The summed E-state index contributed by atoms with van der Waals surface area (Å²) in [5.74, 6) is -1.17. The van der Waals surface area contributed by atoms with Gasteiger partial charge in [0.2, 0.25) is 0 Å². The van der Waals surface area contributed by atoms with Crippen LogP contribution in [0.25, 0.3) is 0 Å². The first-order chi connectivity index (χ1) is 9.49. The molecular formula is C13H9ClF2N2O2. The van der Waals surface area contributed by atoms with Crippen molar-refractivity contribution < 1.29 is 13.7 Å². The Balaban J connectivity index is 2.27. The minimum absolute atomic E-state index is 0.0330. The molecule has 0 saturated heterocycles.